The van der Waals surface area contributed by atoms with E-state index in [9.17, 15) is 9.90 Å². The maximum Gasteiger partial charge on any atom is 0.220 e. The molecule has 0 saturated heterocycles. The van der Waals surface area contributed by atoms with E-state index in [1.54, 1.807) is 6.07 Å². The van der Waals surface area contributed by atoms with Gasteiger partial charge in [0.05, 0.1) is 6.20 Å². The molecule has 0 spiro atoms. The highest BCUT2D eigenvalue weighted by molar-refractivity contribution is 5.77. The van der Waals surface area contributed by atoms with Crippen molar-refractivity contribution in [1.29, 1.82) is 0 Å². The zero-order valence-electron chi connectivity index (χ0n) is 14.7. The number of pyridine rings is 1. The lowest BCUT2D eigenvalue weighted by molar-refractivity contribution is -0.122. The molecule has 1 aliphatic rings. The maximum atomic E-state index is 12.3. The Balaban J connectivity index is 1.45. The summed E-state index contributed by atoms with van der Waals surface area (Å²) < 4.78 is 0. The van der Waals surface area contributed by atoms with Crippen LogP contribution in [0, 0.1) is 0 Å². The van der Waals surface area contributed by atoms with Crippen LogP contribution in [-0.2, 0) is 4.79 Å². The fraction of sp³-hybridized carbons (Fsp3) is 0.429. The Bertz CT molecular complexity index is 677. The summed E-state index contributed by atoms with van der Waals surface area (Å²) in [5.41, 5.74) is 2.25. The number of nitrogens with zero attached hydrogens (tertiary/aromatic N) is 1. The number of rotatable bonds is 5. The fourth-order valence-electron chi connectivity index (χ4n) is 3.64. The molecule has 1 atom stereocenters. The van der Waals surface area contributed by atoms with Gasteiger partial charge in [-0.15, -0.1) is 0 Å². The van der Waals surface area contributed by atoms with Gasteiger partial charge in [0, 0.05) is 24.1 Å². The molecule has 1 unspecified atom stereocenters. The molecule has 1 aliphatic carbocycles. The van der Waals surface area contributed by atoms with Gasteiger partial charge >= 0.3 is 0 Å². The Morgan fingerprint density at radius 1 is 1.16 bits per heavy atom. The number of amides is 1. The second kappa shape index (κ2) is 8.15. The van der Waals surface area contributed by atoms with Crippen LogP contribution in [0.5, 0.6) is 5.75 Å². The Kier molecular flexibility index (Phi) is 5.69. The molecule has 4 heteroatoms. The third kappa shape index (κ3) is 4.81. The quantitative estimate of drug-likeness (QED) is 0.862. The van der Waals surface area contributed by atoms with Crippen molar-refractivity contribution in [3.05, 3.63) is 59.9 Å². The van der Waals surface area contributed by atoms with Gasteiger partial charge in [0.25, 0.3) is 0 Å². The van der Waals surface area contributed by atoms with Crippen LogP contribution in [0.1, 0.15) is 62.1 Å². The van der Waals surface area contributed by atoms with Crippen LogP contribution in [0.2, 0.25) is 0 Å². The molecule has 1 saturated carbocycles. The first-order valence-electron chi connectivity index (χ1n) is 9.11. The van der Waals surface area contributed by atoms with E-state index in [0.717, 1.165) is 31.4 Å². The molecular formula is C21H26N2O2. The van der Waals surface area contributed by atoms with Crippen LogP contribution in [0.4, 0.5) is 0 Å². The van der Waals surface area contributed by atoms with E-state index in [4.69, 9.17) is 0 Å². The first kappa shape index (κ1) is 17.5. The standard InChI is InChI=1S/C21H26N2O2/c1-15(16-5-3-2-4-6-16)13-21(25)23-18-9-7-17(8-10-18)20-12-11-19(24)14-22-20/h2-6,11-12,14-15,17-18,24H,7-10,13H2,1H3,(H,23,25). The van der Waals surface area contributed by atoms with Crippen LogP contribution in [-0.4, -0.2) is 22.0 Å². The van der Waals surface area contributed by atoms with Gasteiger partial charge in [0.1, 0.15) is 5.75 Å². The molecule has 1 heterocycles. The highest BCUT2D eigenvalue weighted by Gasteiger charge is 2.24. The number of hydrogen-bond acceptors (Lipinski definition) is 3. The van der Waals surface area contributed by atoms with Gasteiger partial charge in [-0.3, -0.25) is 9.78 Å². The van der Waals surface area contributed by atoms with Gasteiger partial charge in [-0.2, -0.15) is 0 Å². The molecule has 2 aromatic rings. The lowest BCUT2D eigenvalue weighted by atomic mass is 9.83. The van der Waals surface area contributed by atoms with E-state index in [-0.39, 0.29) is 23.6 Å². The molecule has 1 fully saturated rings. The van der Waals surface area contributed by atoms with Crippen molar-refractivity contribution in [1.82, 2.24) is 10.3 Å². The summed E-state index contributed by atoms with van der Waals surface area (Å²) in [6, 6.07) is 14.1. The molecule has 2 N–H and O–H groups in total. The molecule has 132 valence electrons. The van der Waals surface area contributed by atoms with Crippen molar-refractivity contribution in [2.45, 2.75) is 56.9 Å². The normalized spacial score (nSPS) is 21.5. The third-order valence-corrected chi connectivity index (χ3v) is 5.14. The van der Waals surface area contributed by atoms with Crippen molar-refractivity contribution in [3.8, 4) is 5.75 Å². The van der Waals surface area contributed by atoms with E-state index in [0.29, 0.717) is 12.3 Å². The van der Waals surface area contributed by atoms with Crippen LogP contribution in [0.15, 0.2) is 48.7 Å². The monoisotopic (exact) mass is 338 g/mol. The fourth-order valence-corrected chi connectivity index (χ4v) is 3.64. The van der Waals surface area contributed by atoms with Crippen molar-refractivity contribution >= 4 is 5.91 Å². The van der Waals surface area contributed by atoms with Crippen LogP contribution in [0.25, 0.3) is 0 Å². The molecule has 3 rings (SSSR count). The molecule has 25 heavy (non-hydrogen) atoms. The SMILES string of the molecule is CC(CC(=O)NC1CCC(c2ccc(O)cn2)CC1)c1ccccc1. The second-order valence-corrected chi connectivity index (χ2v) is 7.07. The van der Waals surface area contributed by atoms with E-state index in [1.165, 1.54) is 11.8 Å². The summed E-state index contributed by atoms with van der Waals surface area (Å²) >= 11 is 0. The molecule has 1 aromatic heterocycles. The highest BCUT2D eigenvalue weighted by atomic mass is 16.3. The number of aromatic nitrogens is 1. The zero-order valence-corrected chi connectivity index (χ0v) is 14.7. The highest BCUT2D eigenvalue weighted by Crippen LogP contribution is 2.32. The smallest absolute Gasteiger partial charge is 0.220 e. The first-order valence-corrected chi connectivity index (χ1v) is 9.11. The van der Waals surface area contributed by atoms with Crippen LogP contribution >= 0.6 is 0 Å². The van der Waals surface area contributed by atoms with Crippen molar-refractivity contribution in [2.75, 3.05) is 0 Å². The lowest BCUT2D eigenvalue weighted by Crippen LogP contribution is -2.37. The number of benzene rings is 1. The second-order valence-electron chi connectivity index (χ2n) is 7.07. The number of carbonyl (C=O) groups is 1. The third-order valence-electron chi connectivity index (χ3n) is 5.14. The summed E-state index contributed by atoms with van der Waals surface area (Å²) in [6.45, 7) is 2.10. The Morgan fingerprint density at radius 3 is 2.52 bits per heavy atom. The number of nitrogens with one attached hydrogen (secondary N) is 1. The van der Waals surface area contributed by atoms with E-state index < -0.39 is 0 Å². The molecular weight excluding hydrogens is 312 g/mol. The van der Waals surface area contributed by atoms with Gasteiger partial charge in [0.15, 0.2) is 0 Å². The van der Waals surface area contributed by atoms with Crippen molar-refractivity contribution in [2.24, 2.45) is 0 Å². The van der Waals surface area contributed by atoms with Crippen LogP contribution in [0.3, 0.4) is 0 Å². The van der Waals surface area contributed by atoms with Gasteiger partial charge < -0.3 is 10.4 Å². The van der Waals surface area contributed by atoms with Crippen LogP contribution < -0.4 is 5.32 Å². The van der Waals surface area contributed by atoms with Crippen molar-refractivity contribution in [3.63, 3.8) is 0 Å². The molecule has 1 aromatic carbocycles. The topological polar surface area (TPSA) is 62.2 Å². The van der Waals surface area contributed by atoms with Gasteiger partial charge in [-0.1, -0.05) is 37.3 Å². The molecule has 4 nitrogen and oxygen atoms in total. The number of aromatic hydroxyl groups is 1. The molecule has 0 bridgehead atoms. The van der Waals surface area contributed by atoms with E-state index in [1.807, 2.05) is 24.3 Å². The molecule has 1 amide bonds. The Morgan fingerprint density at radius 2 is 1.88 bits per heavy atom. The summed E-state index contributed by atoms with van der Waals surface area (Å²) in [5.74, 6) is 1.01. The first-order chi connectivity index (χ1) is 12.1. The summed E-state index contributed by atoms with van der Waals surface area (Å²) in [7, 11) is 0. The van der Waals surface area contributed by atoms with E-state index >= 15 is 0 Å². The molecule has 0 aliphatic heterocycles. The Hall–Kier alpha value is -2.36. The molecule has 0 radical (unpaired) electrons. The largest absolute Gasteiger partial charge is 0.506 e. The minimum atomic E-state index is 0.141. The summed E-state index contributed by atoms with van der Waals surface area (Å²) in [6.07, 6.45) is 6.06. The average molecular weight is 338 g/mol. The summed E-state index contributed by atoms with van der Waals surface area (Å²) in [5, 5.41) is 12.5. The summed E-state index contributed by atoms with van der Waals surface area (Å²) in [4.78, 5) is 16.7. The van der Waals surface area contributed by atoms with Gasteiger partial charge in [-0.05, 0) is 49.3 Å². The predicted molar refractivity (Wildman–Crippen MR) is 98.5 cm³/mol. The predicted octanol–water partition coefficient (Wildman–Crippen LogP) is 4.12. The number of hydrogen-bond donors (Lipinski definition) is 2. The van der Waals surface area contributed by atoms with Crippen molar-refractivity contribution < 1.29 is 9.90 Å². The zero-order chi connectivity index (χ0) is 17.6. The number of carbonyl (C=O) groups excluding carboxylic acids is 1. The maximum absolute atomic E-state index is 12.3. The minimum absolute atomic E-state index is 0.141. The minimum Gasteiger partial charge on any atom is -0.506 e. The Labute approximate surface area is 149 Å². The van der Waals surface area contributed by atoms with E-state index in [2.05, 4.69) is 29.4 Å². The van der Waals surface area contributed by atoms with Gasteiger partial charge in [-0.25, -0.2) is 0 Å². The lowest BCUT2D eigenvalue weighted by Gasteiger charge is -2.29. The average Bonchev–Trinajstić information content (AvgIpc) is 2.64. The van der Waals surface area contributed by atoms with Gasteiger partial charge in [0.2, 0.25) is 5.91 Å².